The fraction of sp³-hybridized carbons (Fsp3) is 0.450. The van der Waals surface area contributed by atoms with E-state index in [0.717, 1.165) is 0 Å². The van der Waals surface area contributed by atoms with Crippen LogP contribution < -0.4 is 11.1 Å². The first kappa shape index (κ1) is 22.2. The molecule has 0 saturated carbocycles. The summed E-state index contributed by atoms with van der Waals surface area (Å²) in [6.45, 7) is 0.145. The fourth-order valence-corrected chi connectivity index (χ4v) is 3.70. The van der Waals surface area contributed by atoms with Crippen molar-refractivity contribution >= 4 is 29.6 Å². The van der Waals surface area contributed by atoms with Gasteiger partial charge in [0.2, 0.25) is 11.8 Å². The van der Waals surface area contributed by atoms with Crippen LogP contribution in [-0.4, -0.2) is 58.2 Å². The highest BCUT2D eigenvalue weighted by molar-refractivity contribution is 6.06. The summed E-state index contributed by atoms with van der Waals surface area (Å²) < 4.78 is 0. The molecular formula is C20H22N6O5. The Morgan fingerprint density at radius 2 is 2.16 bits per heavy atom. The number of rotatable bonds is 8. The van der Waals surface area contributed by atoms with Crippen molar-refractivity contribution in [2.24, 2.45) is 15.9 Å². The van der Waals surface area contributed by atoms with E-state index in [2.05, 4.69) is 15.5 Å². The number of benzene rings is 1. The van der Waals surface area contributed by atoms with Crippen LogP contribution in [0.1, 0.15) is 41.6 Å². The molecule has 4 atom stereocenters. The summed E-state index contributed by atoms with van der Waals surface area (Å²) in [7, 11) is 0. The SMILES string of the molecule is N#CCC[C@@H](N=O)[C@H](O)[C@@H](N)C=Nc1cccc2c1CN(C1CCC(=O)NC1=O)C2=O. The van der Waals surface area contributed by atoms with Crippen molar-refractivity contribution in [3.8, 4) is 6.07 Å². The molecule has 11 nitrogen and oxygen atoms in total. The Bertz CT molecular complexity index is 971. The van der Waals surface area contributed by atoms with Crippen molar-refractivity contribution in [2.45, 2.75) is 56.5 Å². The molecule has 0 aromatic heterocycles. The quantitative estimate of drug-likeness (QED) is 0.303. The van der Waals surface area contributed by atoms with Crippen LogP contribution in [0.5, 0.6) is 0 Å². The minimum atomic E-state index is -1.31. The molecule has 2 aliphatic heterocycles. The van der Waals surface area contributed by atoms with E-state index in [0.29, 0.717) is 16.8 Å². The number of nitrogens with one attached hydrogen (secondary N) is 1. The Morgan fingerprint density at radius 3 is 2.84 bits per heavy atom. The number of hydrogen-bond donors (Lipinski definition) is 3. The molecule has 1 fully saturated rings. The number of piperidine rings is 1. The molecule has 1 aromatic rings. The Hall–Kier alpha value is -3.49. The maximum atomic E-state index is 12.8. The van der Waals surface area contributed by atoms with E-state index in [4.69, 9.17) is 11.0 Å². The smallest absolute Gasteiger partial charge is 0.255 e. The standard InChI is InChI=1S/C20H22N6O5/c21-8-2-5-15(25-31)18(28)13(22)9-23-14-4-1-3-11-12(14)10-26(20(11)30)16-6-7-17(27)24-19(16)29/h1,3-4,9,13,15-16,18,28H,2,5-7,10,22H2,(H,24,27,29)/t13-,15+,16?,18+/m0/s1. The molecule has 11 heteroatoms. The largest absolute Gasteiger partial charge is 0.389 e. The normalized spacial score (nSPS) is 21.4. The van der Waals surface area contributed by atoms with Crippen LogP contribution in [0.25, 0.3) is 0 Å². The molecule has 0 bridgehead atoms. The van der Waals surface area contributed by atoms with E-state index in [9.17, 15) is 24.4 Å². The van der Waals surface area contributed by atoms with Crippen molar-refractivity contribution in [3.05, 3.63) is 34.2 Å². The zero-order valence-electron chi connectivity index (χ0n) is 16.6. The summed E-state index contributed by atoms with van der Waals surface area (Å²) in [4.78, 5) is 53.0. The van der Waals surface area contributed by atoms with Gasteiger partial charge in [-0.05, 0) is 25.0 Å². The van der Waals surface area contributed by atoms with E-state index in [1.165, 1.54) is 11.1 Å². The van der Waals surface area contributed by atoms with E-state index >= 15 is 0 Å². The molecule has 1 unspecified atom stereocenters. The molecule has 162 valence electrons. The molecule has 2 heterocycles. The molecular weight excluding hydrogens is 404 g/mol. The Balaban J connectivity index is 1.76. The van der Waals surface area contributed by atoms with Crippen LogP contribution in [0.2, 0.25) is 0 Å². The lowest BCUT2D eigenvalue weighted by Crippen LogP contribution is -2.52. The van der Waals surface area contributed by atoms with Gasteiger partial charge in [0.15, 0.2) is 0 Å². The highest BCUT2D eigenvalue weighted by Gasteiger charge is 2.39. The number of fused-ring (bicyclic) bond motifs is 1. The summed E-state index contributed by atoms with van der Waals surface area (Å²) in [5, 5.41) is 23.9. The number of carbonyl (C=O) groups excluding carboxylic acids is 3. The molecule has 3 rings (SSSR count). The van der Waals surface area contributed by atoms with Gasteiger partial charge in [0.25, 0.3) is 5.91 Å². The van der Waals surface area contributed by atoms with E-state index in [1.807, 2.05) is 6.07 Å². The number of aliphatic hydroxyl groups is 1. The third-order valence-corrected chi connectivity index (χ3v) is 5.42. The molecule has 0 aliphatic carbocycles. The summed E-state index contributed by atoms with van der Waals surface area (Å²) in [6.07, 6.45) is 0.507. The molecule has 31 heavy (non-hydrogen) atoms. The molecule has 0 spiro atoms. The van der Waals surface area contributed by atoms with Crippen LogP contribution in [0.4, 0.5) is 5.69 Å². The minimum Gasteiger partial charge on any atom is -0.389 e. The Kier molecular flexibility index (Phi) is 6.84. The second kappa shape index (κ2) is 9.55. The molecule has 3 amide bonds. The van der Waals surface area contributed by atoms with Crippen molar-refractivity contribution in [1.82, 2.24) is 10.2 Å². The molecule has 0 radical (unpaired) electrons. The minimum absolute atomic E-state index is 0.0574. The first-order valence-electron chi connectivity index (χ1n) is 9.81. The summed E-state index contributed by atoms with van der Waals surface area (Å²) >= 11 is 0. The number of hydrogen-bond acceptors (Lipinski definition) is 9. The van der Waals surface area contributed by atoms with Crippen molar-refractivity contribution in [2.75, 3.05) is 0 Å². The number of aliphatic imine (C=N–C) groups is 1. The van der Waals surface area contributed by atoms with Gasteiger partial charge in [0.1, 0.15) is 12.1 Å². The van der Waals surface area contributed by atoms with Gasteiger partial charge >= 0.3 is 0 Å². The van der Waals surface area contributed by atoms with Gasteiger partial charge in [-0.2, -0.15) is 10.2 Å². The fourth-order valence-electron chi connectivity index (χ4n) is 3.70. The average molecular weight is 426 g/mol. The van der Waals surface area contributed by atoms with Gasteiger partial charge in [-0.25, -0.2) is 0 Å². The van der Waals surface area contributed by atoms with Gasteiger partial charge in [-0.1, -0.05) is 11.2 Å². The van der Waals surface area contributed by atoms with E-state index in [1.54, 1.807) is 18.2 Å². The lowest BCUT2D eigenvalue weighted by molar-refractivity contribution is -0.136. The Morgan fingerprint density at radius 1 is 1.39 bits per heavy atom. The van der Waals surface area contributed by atoms with Crippen LogP contribution in [0, 0.1) is 16.2 Å². The van der Waals surface area contributed by atoms with Gasteiger partial charge < -0.3 is 15.7 Å². The van der Waals surface area contributed by atoms with Crippen LogP contribution in [0.15, 0.2) is 28.4 Å². The summed E-state index contributed by atoms with van der Waals surface area (Å²) in [6, 6.07) is 4.04. The van der Waals surface area contributed by atoms with Gasteiger partial charge in [-0.15, -0.1) is 0 Å². The second-order valence-electron chi connectivity index (χ2n) is 7.42. The number of nitrogens with two attached hydrogens (primary N) is 1. The average Bonchev–Trinajstić information content (AvgIpc) is 3.09. The highest BCUT2D eigenvalue weighted by atomic mass is 16.3. The molecule has 1 saturated heterocycles. The van der Waals surface area contributed by atoms with Crippen molar-refractivity contribution in [3.63, 3.8) is 0 Å². The third-order valence-electron chi connectivity index (χ3n) is 5.42. The van der Waals surface area contributed by atoms with Crippen molar-refractivity contribution in [1.29, 1.82) is 5.26 Å². The number of imide groups is 1. The van der Waals surface area contributed by atoms with Gasteiger partial charge in [-0.3, -0.25) is 24.7 Å². The van der Waals surface area contributed by atoms with Crippen LogP contribution >= 0.6 is 0 Å². The summed E-state index contributed by atoms with van der Waals surface area (Å²) in [5.41, 5.74) is 7.36. The number of amides is 3. The molecule has 4 N–H and O–H groups in total. The maximum Gasteiger partial charge on any atom is 0.255 e. The number of nitrogens with zero attached hydrogens (tertiary/aromatic N) is 4. The van der Waals surface area contributed by atoms with Crippen molar-refractivity contribution < 1.29 is 19.5 Å². The van der Waals surface area contributed by atoms with Crippen LogP contribution in [-0.2, 0) is 16.1 Å². The van der Waals surface area contributed by atoms with E-state index in [-0.39, 0.29) is 44.0 Å². The lowest BCUT2D eigenvalue weighted by atomic mass is 10.0. The predicted octanol–water partition coefficient (Wildman–Crippen LogP) is 0.277. The number of carbonyl (C=O) groups is 3. The first-order valence-corrected chi connectivity index (χ1v) is 9.81. The summed E-state index contributed by atoms with van der Waals surface area (Å²) in [5.74, 6) is -1.19. The number of aliphatic hydroxyl groups excluding tert-OH is 1. The predicted molar refractivity (Wildman–Crippen MR) is 109 cm³/mol. The number of nitriles is 1. The third kappa shape index (κ3) is 4.65. The number of nitroso groups, excluding NO2 is 1. The van der Waals surface area contributed by atoms with Gasteiger partial charge in [0, 0.05) is 36.7 Å². The monoisotopic (exact) mass is 426 g/mol. The lowest BCUT2D eigenvalue weighted by Gasteiger charge is -2.29. The topological polar surface area (TPSA) is 178 Å². The first-order chi connectivity index (χ1) is 14.9. The van der Waals surface area contributed by atoms with Gasteiger partial charge in [0.05, 0.1) is 23.9 Å². The molecule has 1 aromatic carbocycles. The molecule has 2 aliphatic rings. The zero-order chi connectivity index (χ0) is 22.5. The highest BCUT2D eigenvalue weighted by Crippen LogP contribution is 2.33. The Labute approximate surface area is 177 Å². The van der Waals surface area contributed by atoms with Crippen LogP contribution in [0.3, 0.4) is 0 Å². The second-order valence-corrected chi connectivity index (χ2v) is 7.42. The zero-order valence-corrected chi connectivity index (χ0v) is 16.6. The maximum absolute atomic E-state index is 12.8. The van der Waals surface area contributed by atoms with E-state index < -0.39 is 30.1 Å².